The maximum absolute atomic E-state index is 3.74. The van der Waals surface area contributed by atoms with Crippen LogP contribution in [0.5, 0.6) is 0 Å². The predicted molar refractivity (Wildman–Crippen MR) is 72.7 cm³/mol. The van der Waals surface area contributed by atoms with Crippen LogP contribution in [0.2, 0.25) is 0 Å². The molecule has 0 amide bonds. The summed E-state index contributed by atoms with van der Waals surface area (Å²) in [4.78, 5) is 0. The van der Waals surface area contributed by atoms with Gasteiger partial charge in [-0.25, -0.2) is 0 Å². The summed E-state index contributed by atoms with van der Waals surface area (Å²) in [6.07, 6.45) is 6.98. The van der Waals surface area contributed by atoms with E-state index < -0.39 is 0 Å². The van der Waals surface area contributed by atoms with Gasteiger partial charge in [-0.15, -0.1) is 0 Å². The van der Waals surface area contributed by atoms with Gasteiger partial charge < -0.3 is 5.32 Å². The zero-order valence-electron chi connectivity index (χ0n) is 12.0. The molecular formula is C15H31N. The lowest BCUT2D eigenvalue weighted by atomic mass is 9.78. The molecule has 0 heterocycles. The molecule has 0 bridgehead atoms. The third-order valence-corrected chi connectivity index (χ3v) is 4.11. The van der Waals surface area contributed by atoms with Crippen molar-refractivity contribution >= 4 is 0 Å². The van der Waals surface area contributed by atoms with Crippen LogP contribution < -0.4 is 5.32 Å². The number of nitrogens with one attached hydrogen (secondary N) is 1. The van der Waals surface area contributed by atoms with E-state index in [2.05, 4.69) is 39.9 Å². The van der Waals surface area contributed by atoms with E-state index in [1.54, 1.807) is 0 Å². The normalized spacial score (nSPS) is 20.8. The van der Waals surface area contributed by atoms with E-state index >= 15 is 0 Å². The van der Waals surface area contributed by atoms with Gasteiger partial charge in [-0.1, -0.05) is 47.5 Å². The molecule has 1 N–H and O–H groups in total. The van der Waals surface area contributed by atoms with Gasteiger partial charge in [0.25, 0.3) is 0 Å². The molecule has 16 heavy (non-hydrogen) atoms. The van der Waals surface area contributed by atoms with Gasteiger partial charge >= 0.3 is 0 Å². The summed E-state index contributed by atoms with van der Waals surface area (Å²) < 4.78 is 0. The minimum atomic E-state index is 0.454. The highest BCUT2D eigenvalue weighted by Gasteiger charge is 2.28. The molecule has 96 valence electrons. The summed E-state index contributed by atoms with van der Waals surface area (Å²) in [7, 11) is 0. The summed E-state index contributed by atoms with van der Waals surface area (Å²) >= 11 is 0. The topological polar surface area (TPSA) is 12.0 Å². The van der Waals surface area contributed by atoms with E-state index in [1.165, 1.54) is 38.6 Å². The molecule has 0 aliphatic heterocycles. The molecule has 0 saturated heterocycles. The average Bonchev–Trinajstić information content (AvgIpc) is 2.96. The van der Waals surface area contributed by atoms with E-state index in [-0.39, 0.29) is 0 Å². The minimum absolute atomic E-state index is 0.454. The van der Waals surface area contributed by atoms with E-state index in [0.717, 1.165) is 17.9 Å². The van der Waals surface area contributed by atoms with Crippen LogP contribution in [0.1, 0.15) is 66.7 Å². The number of rotatable bonds is 7. The van der Waals surface area contributed by atoms with Crippen molar-refractivity contribution in [1.29, 1.82) is 0 Å². The maximum atomic E-state index is 3.74. The van der Waals surface area contributed by atoms with Crippen molar-refractivity contribution in [2.75, 3.05) is 6.54 Å². The Morgan fingerprint density at radius 3 is 2.31 bits per heavy atom. The van der Waals surface area contributed by atoms with E-state index in [0.29, 0.717) is 5.41 Å². The molecular weight excluding hydrogens is 194 g/mol. The lowest BCUT2D eigenvalue weighted by molar-refractivity contribution is 0.216. The highest BCUT2D eigenvalue weighted by atomic mass is 14.9. The van der Waals surface area contributed by atoms with Crippen molar-refractivity contribution in [1.82, 2.24) is 5.32 Å². The standard InChI is InChI=1S/C15H31N/c1-6-9-16-14(11-13-7-8-13)10-12(2)15(3,4)5/h12-14,16H,6-11H2,1-5H3. The largest absolute Gasteiger partial charge is 0.314 e. The molecule has 1 heteroatoms. The molecule has 1 rings (SSSR count). The smallest absolute Gasteiger partial charge is 0.00724 e. The quantitative estimate of drug-likeness (QED) is 0.684. The second-order valence-electron chi connectivity index (χ2n) is 6.83. The molecule has 0 aromatic rings. The molecule has 1 nitrogen and oxygen atoms in total. The third-order valence-electron chi connectivity index (χ3n) is 4.11. The Balaban J connectivity index is 2.35. The van der Waals surface area contributed by atoms with E-state index in [9.17, 15) is 0 Å². The zero-order valence-corrected chi connectivity index (χ0v) is 12.0. The fraction of sp³-hybridized carbons (Fsp3) is 1.00. The predicted octanol–water partition coefficient (Wildman–Crippen LogP) is 4.23. The zero-order chi connectivity index (χ0) is 12.2. The Bertz CT molecular complexity index is 188. The van der Waals surface area contributed by atoms with E-state index in [4.69, 9.17) is 0 Å². The van der Waals surface area contributed by atoms with Crippen LogP contribution in [0.3, 0.4) is 0 Å². The summed E-state index contributed by atoms with van der Waals surface area (Å²) in [6.45, 7) is 13.0. The second-order valence-corrected chi connectivity index (χ2v) is 6.83. The Labute approximate surface area is 102 Å². The van der Waals surface area contributed by atoms with Crippen molar-refractivity contribution in [2.24, 2.45) is 17.3 Å². The Hall–Kier alpha value is -0.0400. The Morgan fingerprint density at radius 2 is 1.88 bits per heavy atom. The summed E-state index contributed by atoms with van der Waals surface area (Å²) in [5.74, 6) is 1.85. The van der Waals surface area contributed by atoms with Crippen molar-refractivity contribution in [3.63, 3.8) is 0 Å². The molecule has 1 aliphatic rings. The van der Waals surface area contributed by atoms with Crippen molar-refractivity contribution < 1.29 is 0 Å². The molecule has 1 fully saturated rings. The SMILES string of the molecule is CCCNC(CC1CC1)CC(C)C(C)(C)C. The van der Waals surface area contributed by atoms with E-state index in [1.807, 2.05) is 0 Å². The lowest BCUT2D eigenvalue weighted by Crippen LogP contribution is -2.34. The molecule has 2 unspecified atom stereocenters. The van der Waals surface area contributed by atoms with Crippen LogP contribution in [-0.4, -0.2) is 12.6 Å². The van der Waals surface area contributed by atoms with Crippen LogP contribution in [0.15, 0.2) is 0 Å². The van der Waals surface area contributed by atoms with Gasteiger partial charge in [0.15, 0.2) is 0 Å². The van der Waals surface area contributed by atoms with Gasteiger partial charge in [-0.3, -0.25) is 0 Å². The van der Waals surface area contributed by atoms with Crippen molar-refractivity contribution in [3.05, 3.63) is 0 Å². The Kier molecular flexibility index (Phi) is 5.30. The molecule has 0 spiro atoms. The fourth-order valence-corrected chi connectivity index (χ4v) is 2.15. The van der Waals surface area contributed by atoms with Crippen LogP contribution in [-0.2, 0) is 0 Å². The third kappa shape index (κ3) is 5.34. The highest BCUT2D eigenvalue weighted by molar-refractivity contribution is 4.83. The highest BCUT2D eigenvalue weighted by Crippen LogP contribution is 2.36. The van der Waals surface area contributed by atoms with Crippen LogP contribution in [0.4, 0.5) is 0 Å². The van der Waals surface area contributed by atoms with Crippen LogP contribution in [0, 0.1) is 17.3 Å². The first-order valence-corrected chi connectivity index (χ1v) is 7.16. The minimum Gasteiger partial charge on any atom is -0.314 e. The van der Waals surface area contributed by atoms with Gasteiger partial charge in [0.1, 0.15) is 0 Å². The first-order valence-electron chi connectivity index (χ1n) is 7.16. The number of hydrogen-bond donors (Lipinski definition) is 1. The summed E-state index contributed by atoms with van der Waals surface area (Å²) in [6, 6.07) is 0.765. The molecule has 0 radical (unpaired) electrons. The molecule has 2 atom stereocenters. The molecule has 1 saturated carbocycles. The van der Waals surface area contributed by atoms with Gasteiger partial charge in [-0.2, -0.15) is 0 Å². The fourth-order valence-electron chi connectivity index (χ4n) is 2.15. The van der Waals surface area contributed by atoms with Crippen LogP contribution >= 0.6 is 0 Å². The molecule has 1 aliphatic carbocycles. The van der Waals surface area contributed by atoms with Gasteiger partial charge in [0, 0.05) is 6.04 Å². The van der Waals surface area contributed by atoms with Crippen LogP contribution in [0.25, 0.3) is 0 Å². The molecule has 0 aromatic heterocycles. The van der Waals surface area contributed by atoms with Crippen molar-refractivity contribution in [3.8, 4) is 0 Å². The number of hydrogen-bond acceptors (Lipinski definition) is 1. The first-order chi connectivity index (χ1) is 7.43. The maximum Gasteiger partial charge on any atom is 0.00724 e. The second kappa shape index (κ2) is 6.05. The van der Waals surface area contributed by atoms with Gasteiger partial charge in [0.2, 0.25) is 0 Å². The van der Waals surface area contributed by atoms with Gasteiger partial charge in [0.05, 0.1) is 0 Å². The monoisotopic (exact) mass is 225 g/mol. The average molecular weight is 225 g/mol. The van der Waals surface area contributed by atoms with Crippen molar-refractivity contribution in [2.45, 2.75) is 72.8 Å². The lowest BCUT2D eigenvalue weighted by Gasteiger charge is -2.31. The Morgan fingerprint density at radius 1 is 1.25 bits per heavy atom. The summed E-state index contributed by atoms with van der Waals surface area (Å²) in [5.41, 5.74) is 0.454. The van der Waals surface area contributed by atoms with Gasteiger partial charge in [-0.05, 0) is 43.1 Å². The first kappa shape index (κ1) is 14.0. The molecule has 0 aromatic carbocycles. The summed E-state index contributed by atoms with van der Waals surface area (Å²) in [5, 5.41) is 3.74.